The van der Waals surface area contributed by atoms with Crippen molar-refractivity contribution in [3.63, 3.8) is 0 Å². The summed E-state index contributed by atoms with van der Waals surface area (Å²) >= 11 is 6.84. The molecule has 1 N–H and O–H groups in total. The van der Waals surface area contributed by atoms with Crippen LogP contribution >= 0.6 is 22.9 Å². The molecule has 0 unspecified atom stereocenters. The van der Waals surface area contributed by atoms with Crippen LogP contribution in [-0.2, 0) is 20.4 Å². The highest BCUT2D eigenvalue weighted by molar-refractivity contribution is 7.91. The molecule has 22 heavy (non-hydrogen) atoms. The minimum Gasteiger partial charge on any atom is -0.372 e. The zero-order valence-electron chi connectivity index (χ0n) is 12.4. The fourth-order valence-electron chi connectivity index (χ4n) is 2.23. The van der Waals surface area contributed by atoms with Gasteiger partial charge in [-0.15, -0.1) is 11.3 Å². The molecule has 1 aromatic heterocycles. The van der Waals surface area contributed by atoms with Gasteiger partial charge in [0.1, 0.15) is 9.81 Å². The summed E-state index contributed by atoms with van der Waals surface area (Å²) in [6.07, 6.45) is 0.640. The van der Waals surface area contributed by atoms with E-state index in [0.717, 1.165) is 16.9 Å². The Bertz CT molecular complexity index is 709. The van der Waals surface area contributed by atoms with E-state index in [9.17, 15) is 8.42 Å². The minimum absolute atomic E-state index is 0.155. The molecule has 7 heteroatoms. The molecule has 0 fully saturated rings. The van der Waals surface area contributed by atoms with Gasteiger partial charge < -0.3 is 4.74 Å². The number of rotatable bonds is 7. The fourth-order valence-corrected chi connectivity index (χ4v) is 4.84. The third kappa shape index (κ3) is 3.70. The largest absolute Gasteiger partial charge is 0.372 e. The number of halogens is 1. The number of ether oxygens (including phenoxy) is 1. The first-order valence-corrected chi connectivity index (χ1v) is 9.47. The summed E-state index contributed by atoms with van der Waals surface area (Å²) in [5, 5.41) is 0. The van der Waals surface area contributed by atoms with Crippen molar-refractivity contribution in [1.29, 1.82) is 0 Å². The number of thiophene rings is 1. The Morgan fingerprint density at radius 2 is 1.91 bits per heavy atom. The third-order valence-electron chi connectivity index (χ3n) is 3.62. The van der Waals surface area contributed by atoms with Crippen LogP contribution in [0.1, 0.15) is 18.9 Å². The van der Waals surface area contributed by atoms with E-state index in [0.29, 0.717) is 10.8 Å². The van der Waals surface area contributed by atoms with Gasteiger partial charge in [-0.3, -0.25) is 0 Å². The number of sulfonamides is 1. The zero-order chi connectivity index (χ0) is 16.2. The average Bonchev–Trinajstić information content (AvgIpc) is 2.97. The molecule has 0 radical (unpaired) electrons. The predicted octanol–water partition coefficient (Wildman–Crippen LogP) is 3.63. The van der Waals surface area contributed by atoms with Crippen molar-refractivity contribution in [2.24, 2.45) is 0 Å². The number of hydrogen-bond donors (Lipinski definition) is 1. The highest BCUT2D eigenvalue weighted by atomic mass is 35.5. The van der Waals surface area contributed by atoms with E-state index in [2.05, 4.69) is 4.72 Å². The van der Waals surface area contributed by atoms with Gasteiger partial charge in [0.05, 0.1) is 4.34 Å². The lowest BCUT2D eigenvalue weighted by molar-refractivity contribution is -0.0133. The number of methoxy groups -OCH3 is 1. The topological polar surface area (TPSA) is 55.4 Å². The van der Waals surface area contributed by atoms with Crippen molar-refractivity contribution in [2.45, 2.75) is 23.2 Å². The maximum atomic E-state index is 12.3. The molecular weight excluding hydrogens is 342 g/mol. The molecule has 4 nitrogen and oxygen atoms in total. The Morgan fingerprint density at radius 3 is 2.41 bits per heavy atom. The second-order valence-electron chi connectivity index (χ2n) is 4.80. The second-order valence-corrected chi connectivity index (χ2v) is 8.51. The molecule has 0 amide bonds. The van der Waals surface area contributed by atoms with Gasteiger partial charge >= 0.3 is 0 Å². The molecule has 0 bridgehead atoms. The smallest absolute Gasteiger partial charge is 0.250 e. The summed E-state index contributed by atoms with van der Waals surface area (Å²) in [7, 11) is -2.01. The minimum atomic E-state index is -3.60. The summed E-state index contributed by atoms with van der Waals surface area (Å²) in [5.41, 5.74) is 0.238. The van der Waals surface area contributed by atoms with Crippen LogP contribution in [0.15, 0.2) is 46.7 Å². The SMILES string of the molecule is CC[C@](CNS(=O)(=O)c1ccc(Cl)s1)(OC)c1ccccc1. The molecule has 0 aliphatic rings. The predicted molar refractivity (Wildman–Crippen MR) is 89.9 cm³/mol. The molecule has 1 atom stereocenters. The number of hydrogen-bond acceptors (Lipinski definition) is 4. The highest BCUT2D eigenvalue weighted by Gasteiger charge is 2.32. The maximum Gasteiger partial charge on any atom is 0.250 e. The number of benzene rings is 1. The molecule has 1 aromatic carbocycles. The maximum absolute atomic E-state index is 12.3. The van der Waals surface area contributed by atoms with Crippen LogP contribution in [0.3, 0.4) is 0 Å². The molecule has 2 aromatic rings. The molecule has 0 aliphatic heterocycles. The Kier molecular flexibility index (Phi) is 5.63. The quantitative estimate of drug-likeness (QED) is 0.821. The van der Waals surface area contributed by atoms with E-state index in [1.54, 1.807) is 13.2 Å². The lowest BCUT2D eigenvalue weighted by Crippen LogP contribution is -2.41. The molecule has 1 heterocycles. The number of nitrogens with one attached hydrogen (secondary N) is 1. The Labute approximate surface area is 140 Å². The first-order valence-electron chi connectivity index (χ1n) is 6.79. The molecular formula is C15H18ClNO3S2. The van der Waals surface area contributed by atoms with Gasteiger partial charge in [-0.05, 0) is 24.1 Å². The van der Waals surface area contributed by atoms with Crippen LogP contribution in [0.5, 0.6) is 0 Å². The van der Waals surface area contributed by atoms with Gasteiger partial charge in [-0.2, -0.15) is 0 Å². The third-order valence-corrected chi connectivity index (χ3v) is 6.75. The van der Waals surface area contributed by atoms with Gasteiger partial charge in [0.2, 0.25) is 10.0 Å². The van der Waals surface area contributed by atoms with Crippen molar-refractivity contribution in [3.05, 3.63) is 52.4 Å². The lowest BCUT2D eigenvalue weighted by Gasteiger charge is -2.32. The Balaban J connectivity index is 2.23. The van der Waals surface area contributed by atoms with Crippen LogP contribution < -0.4 is 4.72 Å². The van der Waals surface area contributed by atoms with Crippen molar-refractivity contribution in [1.82, 2.24) is 4.72 Å². The van der Waals surface area contributed by atoms with E-state index in [1.165, 1.54) is 6.07 Å². The second kappa shape index (κ2) is 7.10. The van der Waals surface area contributed by atoms with Crippen molar-refractivity contribution in [3.8, 4) is 0 Å². The standard InChI is InChI=1S/C15H18ClNO3S2/c1-3-15(20-2,12-7-5-4-6-8-12)11-17-22(18,19)14-10-9-13(16)21-14/h4-10,17H,3,11H2,1-2H3/t15-/m1/s1. The molecule has 0 saturated heterocycles. The first kappa shape index (κ1) is 17.4. The van der Waals surface area contributed by atoms with Gasteiger partial charge in [-0.1, -0.05) is 48.9 Å². The zero-order valence-corrected chi connectivity index (χ0v) is 14.8. The van der Waals surface area contributed by atoms with Crippen molar-refractivity contribution < 1.29 is 13.2 Å². The van der Waals surface area contributed by atoms with Crippen LogP contribution in [0.25, 0.3) is 0 Å². The van der Waals surface area contributed by atoms with Gasteiger partial charge in [0, 0.05) is 13.7 Å². The van der Waals surface area contributed by atoms with Gasteiger partial charge in [0.15, 0.2) is 0 Å². The summed E-state index contributed by atoms with van der Waals surface area (Å²) in [6, 6.07) is 12.7. The fraction of sp³-hybridized carbons (Fsp3) is 0.333. The summed E-state index contributed by atoms with van der Waals surface area (Å²) in [6.45, 7) is 2.12. The van der Waals surface area contributed by atoms with E-state index in [-0.39, 0.29) is 10.8 Å². The Hall–Kier alpha value is -0.920. The van der Waals surface area contributed by atoms with Crippen LogP contribution in [0.4, 0.5) is 0 Å². The Morgan fingerprint density at radius 1 is 1.23 bits per heavy atom. The van der Waals surface area contributed by atoms with Crippen molar-refractivity contribution in [2.75, 3.05) is 13.7 Å². The van der Waals surface area contributed by atoms with Crippen LogP contribution in [-0.4, -0.2) is 22.1 Å². The molecule has 0 spiro atoms. The molecule has 120 valence electrons. The summed E-state index contributed by atoms with van der Waals surface area (Å²) < 4.78 is 33.6. The van der Waals surface area contributed by atoms with E-state index >= 15 is 0 Å². The average molecular weight is 360 g/mol. The summed E-state index contributed by atoms with van der Waals surface area (Å²) in [4.78, 5) is 0. The van der Waals surface area contributed by atoms with Gasteiger partial charge in [0.25, 0.3) is 0 Å². The van der Waals surface area contributed by atoms with Crippen LogP contribution in [0.2, 0.25) is 4.34 Å². The first-order chi connectivity index (χ1) is 10.4. The van der Waals surface area contributed by atoms with Gasteiger partial charge in [-0.25, -0.2) is 13.1 Å². The molecule has 2 rings (SSSR count). The van der Waals surface area contributed by atoms with E-state index in [4.69, 9.17) is 16.3 Å². The molecule has 0 aliphatic carbocycles. The lowest BCUT2D eigenvalue weighted by atomic mass is 9.91. The van der Waals surface area contributed by atoms with Crippen molar-refractivity contribution >= 4 is 33.0 Å². The molecule has 0 saturated carbocycles. The normalized spacial score (nSPS) is 14.7. The van der Waals surface area contributed by atoms with E-state index in [1.807, 2.05) is 37.3 Å². The summed E-state index contributed by atoms with van der Waals surface area (Å²) in [5.74, 6) is 0. The van der Waals surface area contributed by atoms with Crippen LogP contribution in [0, 0.1) is 0 Å². The van der Waals surface area contributed by atoms with E-state index < -0.39 is 15.6 Å². The monoisotopic (exact) mass is 359 g/mol. The highest BCUT2D eigenvalue weighted by Crippen LogP contribution is 2.30.